The Bertz CT molecular complexity index is 512. The van der Waals surface area contributed by atoms with Crippen LogP contribution >= 0.6 is 11.6 Å². The molecule has 112 valence electrons. The maximum Gasteiger partial charge on any atom is 0.251 e. The standard InChI is InChI=1S/C14H21ClN2O2S/c1-14(2,3)11-8-10(9-12(15)17-11)13(18)16-6-5-7-20(4)19/h8-9H,5-7H2,1-4H3,(H,16,18). The molecule has 1 rings (SSSR count). The fourth-order valence-corrected chi connectivity index (χ4v) is 2.35. The summed E-state index contributed by atoms with van der Waals surface area (Å²) in [6, 6.07) is 3.32. The lowest BCUT2D eigenvalue weighted by molar-refractivity contribution is 0.0953. The number of pyridine rings is 1. The van der Waals surface area contributed by atoms with Crippen molar-refractivity contribution < 1.29 is 9.00 Å². The normalized spacial score (nSPS) is 13.1. The molecule has 1 atom stereocenters. The van der Waals surface area contributed by atoms with Gasteiger partial charge in [0.05, 0.1) is 0 Å². The van der Waals surface area contributed by atoms with E-state index in [2.05, 4.69) is 10.3 Å². The first-order chi connectivity index (χ1) is 9.20. The van der Waals surface area contributed by atoms with Gasteiger partial charge in [0, 0.05) is 46.0 Å². The number of carbonyl (C=O) groups excluding carboxylic acids is 1. The van der Waals surface area contributed by atoms with E-state index in [4.69, 9.17) is 11.6 Å². The number of aromatic nitrogens is 1. The van der Waals surface area contributed by atoms with Gasteiger partial charge in [-0.25, -0.2) is 4.98 Å². The van der Waals surface area contributed by atoms with Crippen LogP contribution in [0.25, 0.3) is 0 Å². The minimum atomic E-state index is -0.826. The Balaban J connectivity index is 2.73. The van der Waals surface area contributed by atoms with E-state index in [-0.39, 0.29) is 11.3 Å². The number of nitrogens with one attached hydrogen (secondary N) is 1. The summed E-state index contributed by atoms with van der Waals surface area (Å²) in [5.41, 5.74) is 1.12. The van der Waals surface area contributed by atoms with Crippen molar-refractivity contribution in [3.05, 3.63) is 28.5 Å². The highest BCUT2D eigenvalue weighted by atomic mass is 35.5. The summed E-state index contributed by atoms with van der Waals surface area (Å²) in [6.07, 6.45) is 2.35. The first-order valence-electron chi connectivity index (χ1n) is 6.46. The highest BCUT2D eigenvalue weighted by Crippen LogP contribution is 2.23. The molecule has 20 heavy (non-hydrogen) atoms. The van der Waals surface area contributed by atoms with E-state index in [1.165, 1.54) is 0 Å². The number of carbonyl (C=O) groups is 1. The van der Waals surface area contributed by atoms with Gasteiger partial charge in [-0.2, -0.15) is 0 Å². The van der Waals surface area contributed by atoms with Crippen LogP contribution in [-0.2, 0) is 16.2 Å². The van der Waals surface area contributed by atoms with Crippen LogP contribution in [0.1, 0.15) is 43.2 Å². The maximum atomic E-state index is 12.0. The van der Waals surface area contributed by atoms with E-state index >= 15 is 0 Å². The molecule has 0 aliphatic carbocycles. The Hall–Kier alpha value is -0.940. The van der Waals surface area contributed by atoms with Crippen molar-refractivity contribution in [2.75, 3.05) is 18.6 Å². The second-order valence-corrected chi connectivity index (χ2v) is 7.64. The minimum Gasteiger partial charge on any atom is -0.352 e. The molecule has 0 saturated carbocycles. The van der Waals surface area contributed by atoms with E-state index in [0.29, 0.717) is 29.4 Å². The molecule has 6 heteroatoms. The zero-order chi connectivity index (χ0) is 15.3. The van der Waals surface area contributed by atoms with Crippen molar-refractivity contribution in [1.82, 2.24) is 10.3 Å². The van der Waals surface area contributed by atoms with Crippen LogP contribution < -0.4 is 5.32 Å². The lowest BCUT2D eigenvalue weighted by Crippen LogP contribution is -2.26. The Morgan fingerprint density at radius 3 is 2.60 bits per heavy atom. The molecule has 0 radical (unpaired) electrons. The van der Waals surface area contributed by atoms with Crippen molar-refractivity contribution in [1.29, 1.82) is 0 Å². The molecule has 0 aliphatic rings. The van der Waals surface area contributed by atoms with Gasteiger partial charge in [0.2, 0.25) is 0 Å². The summed E-state index contributed by atoms with van der Waals surface area (Å²) in [4.78, 5) is 16.3. The van der Waals surface area contributed by atoms with Gasteiger partial charge < -0.3 is 5.32 Å². The van der Waals surface area contributed by atoms with Crippen LogP contribution in [-0.4, -0.2) is 33.7 Å². The molecule has 0 spiro atoms. The molecule has 4 nitrogen and oxygen atoms in total. The second-order valence-electron chi connectivity index (χ2n) is 5.70. The van der Waals surface area contributed by atoms with Crippen LogP contribution in [0.4, 0.5) is 0 Å². The average molecular weight is 317 g/mol. The lowest BCUT2D eigenvalue weighted by atomic mass is 9.91. The highest BCUT2D eigenvalue weighted by molar-refractivity contribution is 7.84. The summed E-state index contributed by atoms with van der Waals surface area (Å²) in [7, 11) is -0.826. The molecule has 0 aliphatic heterocycles. The predicted molar refractivity (Wildman–Crippen MR) is 83.8 cm³/mol. The maximum absolute atomic E-state index is 12.0. The fraction of sp³-hybridized carbons (Fsp3) is 0.571. The van der Waals surface area contributed by atoms with Crippen LogP contribution in [0, 0.1) is 0 Å². The first-order valence-corrected chi connectivity index (χ1v) is 8.57. The molecule has 0 fully saturated rings. The van der Waals surface area contributed by atoms with Gasteiger partial charge in [-0.15, -0.1) is 0 Å². The van der Waals surface area contributed by atoms with Crippen LogP contribution in [0.5, 0.6) is 0 Å². The SMILES string of the molecule is CS(=O)CCCNC(=O)c1cc(Cl)nc(C(C)(C)C)c1. The third-order valence-corrected chi connectivity index (χ3v) is 3.78. The first kappa shape index (κ1) is 17.1. The lowest BCUT2D eigenvalue weighted by Gasteiger charge is -2.18. The molecule has 1 N–H and O–H groups in total. The average Bonchev–Trinajstić information content (AvgIpc) is 2.32. The monoisotopic (exact) mass is 316 g/mol. The quantitative estimate of drug-likeness (QED) is 0.671. The molecular formula is C14H21ClN2O2S. The van der Waals surface area contributed by atoms with Crippen LogP contribution in [0.3, 0.4) is 0 Å². The van der Waals surface area contributed by atoms with Crippen molar-refractivity contribution in [2.24, 2.45) is 0 Å². The fourth-order valence-electron chi connectivity index (χ4n) is 1.59. The van der Waals surface area contributed by atoms with Crippen molar-refractivity contribution in [3.8, 4) is 0 Å². The minimum absolute atomic E-state index is 0.168. The van der Waals surface area contributed by atoms with E-state index < -0.39 is 10.8 Å². The van der Waals surface area contributed by atoms with Crippen molar-refractivity contribution in [3.63, 3.8) is 0 Å². The van der Waals surface area contributed by atoms with Crippen molar-refractivity contribution >= 4 is 28.3 Å². The molecule has 0 bridgehead atoms. The van der Waals surface area contributed by atoms with E-state index in [1.54, 1.807) is 18.4 Å². The van der Waals surface area contributed by atoms with Gasteiger partial charge in [-0.05, 0) is 18.6 Å². The molecule has 0 saturated heterocycles. The number of hydrogen-bond donors (Lipinski definition) is 1. The smallest absolute Gasteiger partial charge is 0.251 e. The van der Waals surface area contributed by atoms with Gasteiger partial charge in [-0.3, -0.25) is 9.00 Å². The van der Waals surface area contributed by atoms with E-state index in [9.17, 15) is 9.00 Å². The largest absolute Gasteiger partial charge is 0.352 e. The number of nitrogens with zero attached hydrogens (tertiary/aromatic N) is 1. The highest BCUT2D eigenvalue weighted by Gasteiger charge is 2.18. The molecule has 1 amide bonds. The molecule has 1 heterocycles. The summed E-state index contributed by atoms with van der Waals surface area (Å²) in [5, 5.41) is 3.12. The zero-order valence-corrected chi connectivity index (χ0v) is 13.9. The molecule has 1 unspecified atom stereocenters. The van der Waals surface area contributed by atoms with Gasteiger partial charge in [0.25, 0.3) is 5.91 Å². The Kier molecular flexibility index (Phi) is 6.14. The van der Waals surface area contributed by atoms with Crippen LogP contribution in [0.15, 0.2) is 12.1 Å². The van der Waals surface area contributed by atoms with Crippen molar-refractivity contribution in [2.45, 2.75) is 32.6 Å². The molecule has 1 aromatic heterocycles. The summed E-state index contributed by atoms with van der Waals surface area (Å²) < 4.78 is 10.9. The predicted octanol–water partition coefficient (Wildman–Crippen LogP) is 2.53. The third-order valence-electron chi connectivity index (χ3n) is 2.72. The van der Waals surface area contributed by atoms with E-state index in [0.717, 1.165) is 5.69 Å². The molecular weight excluding hydrogens is 296 g/mol. The van der Waals surface area contributed by atoms with Gasteiger partial charge in [-0.1, -0.05) is 32.4 Å². The van der Waals surface area contributed by atoms with Crippen LogP contribution in [0.2, 0.25) is 5.15 Å². The summed E-state index contributed by atoms with van der Waals surface area (Å²) >= 11 is 5.97. The number of hydrogen-bond acceptors (Lipinski definition) is 3. The number of amides is 1. The Morgan fingerprint density at radius 2 is 2.05 bits per heavy atom. The number of halogens is 1. The molecule has 0 aromatic carbocycles. The zero-order valence-electron chi connectivity index (χ0n) is 12.3. The summed E-state index contributed by atoms with van der Waals surface area (Å²) in [5.74, 6) is 0.409. The second kappa shape index (κ2) is 7.18. The van der Waals surface area contributed by atoms with Gasteiger partial charge in [0.15, 0.2) is 0 Å². The topological polar surface area (TPSA) is 59.1 Å². The Labute approximate surface area is 127 Å². The third kappa shape index (κ3) is 5.59. The molecule has 1 aromatic rings. The number of rotatable bonds is 5. The van der Waals surface area contributed by atoms with Gasteiger partial charge in [0.1, 0.15) is 5.15 Å². The Morgan fingerprint density at radius 1 is 1.40 bits per heavy atom. The van der Waals surface area contributed by atoms with E-state index in [1.807, 2.05) is 20.8 Å². The summed E-state index contributed by atoms with van der Waals surface area (Å²) in [6.45, 7) is 6.56. The van der Waals surface area contributed by atoms with Gasteiger partial charge >= 0.3 is 0 Å².